The maximum atomic E-state index is 12.2. The second-order valence-electron chi connectivity index (χ2n) is 6.70. The van der Waals surface area contributed by atoms with Gasteiger partial charge in [-0.3, -0.25) is 9.78 Å². The molecule has 0 aromatic carbocycles. The summed E-state index contributed by atoms with van der Waals surface area (Å²) in [6.07, 6.45) is 5.52. The van der Waals surface area contributed by atoms with Crippen LogP contribution in [0.3, 0.4) is 0 Å². The number of nitrogens with zero attached hydrogens (tertiary/aromatic N) is 2. The van der Waals surface area contributed by atoms with Crippen LogP contribution in [0.4, 0.5) is 5.13 Å². The van der Waals surface area contributed by atoms with E-state index in [2.05, 4.69) is 15.3 Å². The summed E-state index contributed by atoms with van der Waals surface area (Å²) >= 11 is 1.43. The van der Waals surface area contributed by atoms with Crippen LogP contribution in [0.1, 0.15) is 27.2 Å². The van der Waals surface area contributed by atoms with Gasteiger partial charge in [0.25, 0.3) is 0 Å². The first kappa shape index (κ1) is 16.4. The minimum Gasteiger partial charge on any atom is -0.463 e. The number of carbonyl (C=O) groups is 1. The van der Waals surface area contributed by atoms with Crippen molar-refractivity contribution in [3.05, 3.63) is 42.9 Å². The van der Waals surface area contributed by atoms with Crippen molar-refractivity contribution in [2.75, 3.05) is 5.32 Å². The van der Waals surface area contributed by atoms with Gasteiger partial charge in [0, 0.05) is 18.8 Å². The van der Waals surface area contributed by atoms with Gasteiger partial charge in [0.05, 0.1) is 11.1 Å². The second-order valence-corrected chi connectivity index (χ2v) is 7.69. The summed E-state index contributed by atoms with van der Waals surface area (Å²) in [6, 6.07) is 7.52. The normalized spacial score (nSPS) is 11.5. The molecule has 0 aliphatic rings. The van der Waals surface area contributed by atoms with Crippen LogP contribution in [0.5, 0.6) is 0 Å². The molecule has 1 N–H and O–H groups in total. The molecule has 3 rings (SSSR count). The molecule has 0 radical (unpaired) electrons. The maximum Gasteiger partial charge on any atom is 0.226 e. The Hall–Kier alpha value is -2.47. The monoisotopic (exact) mass is 341 g/mol. The van der Waals surface area contributed by atoms with Crippen LogP contribution in [-0.2, 0) is 4.79 Å². The maximum absolute atomic E-state index is 12.2. The van der Waals surface area contributed by atoms with Gasteiger partial charge in [-0.15, -0.1) is 0 Å². The quantitative estimate of drug-likeness (QED) is 0.737. The van der Waals surface area contributed by atoms with E-state index >= 15 is 0 Å². The van der Waals surface area contributed by atoms with E-state index in [4.69, 9.17) is 4.42 Å². The Kier molecular flexibility index (Phi) is 4.49. The number of nitrogens with one attached hydrogen (secondary N) is 1. The molecular formula is C18H19N3O2S. The topological polar surface area (TPSA) is 68.0 Å². The summed E-state index contributed by atoms with van der Waals surface area (Å²) in [4.78, 5) is 21.8. The molecule has 0 saturated heterocycles. The fourth-order valence-electron chi connectivity index (χ4n) is 2.30. The van der Waals surface area contributed by atoms with E-state index in [0.29, 0.717) is 17.3 Å². The molecule has 124 valence electrons. The number of rotatable bonds is 4. The third kappa shape index (κ3) is 3.89. The van der Waals surface area contributed by atoms with Crippen LogP contribution in [0.2, 0.25) is 0 Å². The molecular weight excluding hydrogens is 322 g/mol. The fourth-order valence-corrected chi connectivity index (χ4v) is 3.29. The van der Waals surface area contributed by atoms with Gasteiger partial charge in [0.2, 0.25) is 5.91 Å². The van der Waals surface area contributed by atoms with Gasteiger partial charge in [-0.2, -0.15) is 0 Å². The van der Waals surface area contributed by atoms with Crippen molar-refractivity contribution in [1.29, 1.82) is 0 Å². The minimum atomic E-state index is -0.0703. The summed E-state index contributed by atoms with van der Waals surface area (Å²) in [6.45, 7) is 6.10. The number of amides is 1. The standard InChI is InChI=1S/C18H19N3O2S/c1-18(2,3)11-14(22)20-17-21-15(13-5-4-10-23-13)16(24-17)12-6-8-19-9-7-12/h4-10H,11H2,1-3H3,(H,20,21,22). The van der Waals surface area contributed by atoms with E-state index in [1.807, 2.05) is 45.0 Å². The van der Waals surface area contributed by atoms with Crippen LogP contribution in [0.15, 0.2) is 47.3 Å². The number of hydrogen-bond donors (Lipinski definition) is 1. The Morgan fingerprint density at radius 2 is 2.00 bits per heavy atom. The van der Waals surface area contributed by atoms with Crippen molar-refractivity contribution in [3.8, 4) is 21.9 Å². The second kappa shape index (κ2) is 6.57. The number of carbonyl (C=O) groups excluding carboxylic acids is 1. The van der Waals surface area contributed by atoms with E-state index in [1.54, 1.807) is 18.7 Å². The van der Waals surface area contributed by atoms with Crippen molar-refractivity contribution in [2.45, 2.75) is 27.2 Å². The lowest BCUT2D eigenvalue weighted by Crippen LogP contribution is -2.19. The molecule has 3 aromatic rings. The summed E-state index contributed by atoms with van der Waals surface area (Å²) in [5.74, 6) is 0.637. The Morgan fingerprint density at radius 1 is 1.25 bits per heavy atom. The zero-order chi connectivity index (χ0) is 17.2. The molecule has 3 aromatic heterocycles. The third-order valence-electron chi connectivity index (χ3n) is 3.26. The Labute approximate surface area is 144 Å². The van der Waals surface area contributed by atoms with Gasteiger partial charge in [-0.25, -0.2) is 4.98 Å². The zero-order valence-electron chi connectivity index (χ0n) is 13.9. The van der Waals surface area contributed by atoms with Crippen molar-refractivity contribution in [2.24, 2.45) is 5.41 Å². The van der Waals surface area contributed by atoms with Gasteiger partial charge in [-0.05, 0) is 35.2 Å². The predicted octanol–water partition coefficient (Wildman–Crippen LogP) is 4.84. The highest BCUT2D eigenvalue weighted by atomic mass is 32.1. The molecule has 0 bridgehead atoms. The van der Waals surface area contributed by atoms with Gasteiger partial charge < -0.3 is 9.73 Å². The Morgan fingerprint density at radius 3 is 2.62 bits per heavy atom. The van der Waals surface area contributed by atoms with Crippen molar-refractivity contribution < 1.29 is 9.21 Å². The van der Waals surface area contributed by atoms with Gasteiger partial charge >= 0.3 is 0 Å². The summed E-state index contributed by atoms with van der Waals surface area (Å²) in [5, 5.41) is 3.47. The molecule has 0 aliphatic heterocycles. The van der Waals surface area contributed by atoms with E-state index < -0.39 is 0 Å². The Balaban J connectivity index is 1.94. The molecule has 0 spiro atoms. The molecule has 24 heavy (non-hydrogen) atoms. The lowest BCUT2D eigenvalue weighted by molar-refractivity contribution is -0.117. The third-order valence-corrected chi connectivity index (χ3v) is 4.28. The highest BCUT2D eigenvalue weighted by molar-refractivity contribution is 7.19. The largest absolute Gasteiger partial charge is 0.463 e. The highest BCUT2D eigenvalue weighted by Crippen LogP contribution is 2.39. The Bertz CT molecular complexity index is 818. The minimum absolute atomic E-state index is 0.0384. The van der Waals surface area contributed by atoms with Gasteiger partial charge in [0.1, 0.15) is 5.69 Å². The smallest absolute Gasteiger partial charge is 0.226 e. The van der Waals surface area contributed by atoms with Crippen LogP contribution >= 0.6 is 11.3 Å². The van der Waals surface area contributed by atoms with Crippen molar-refractivity contribution >= 4 is 22.4 Å². The van der Waals surface area contributed by atoms with E-state index in [1.165, 1.54) is 11.3 Å². The van der Waals surface area contributed by atoms with Gasteiger partial charge in [0.15, 0.2) is 10.9 Å². The predicted molar refractivity (Wildman–Crippen MR) is 95.7 cm³/mol. The molecule has 1 amide bonds. The average Bonchev–Trinajstić information content (AvgIpc) is 3.15. The van der Waals surface area contributed by atoms with Crippen molar-refractivity contribution in [1.82, 2.24) is 9.97 Å². The average molecular weight is 341 g/mol. The van der Waals surface area contributed by atoms with E-state index in [0.717, 1.165) is 16.1 Å². The SMILES string of the molecule is CC(C)(C)CC(=O)Nc1nc(-c2ccco2)c(-c2ccncc2)s1. The van der Waals surface area contributed by atoms with E-state index in [-0.39, 0.29) is 11.3 Å². The molecule has 0 unspecified atom stereocenters. The first-order valence-corrected chi connectivity index (χ1v) is 8.49. The zero-order valence-corrected chi connectivity index (χ0v) is 14.7. The lowest BCUT2D eigenvalue weighted by Gasteiger charge is -2.16. The molecule has 5 nitrogen and oxygen atoms in total. The summed E-state index contributed by atoms with van der Waals surface area (Å²) < 4.78 is 5.50. The van der Waals surface area contributed by atoms with E-state index in [9.17, 15) is 4.79 Å². The number of aromatic nitrogens is 2. The first-order chi connectivity index (χ1) is 11.4. The molecule has 0 saturated carbocycles. The summed E-state index contributed by atoms with van der Waals surface area (Å²) in [7, 11) is 0. The molecule has 0 aliphatic carbocycles. The molecule has 0 atom stereocenters. The number of thiazole rings is 1. The number of pyridine rings is 1. The van der Waals surface area contributed by atoms with Crippen LogP contribution in [0.25, 0.3) is 21.9 Å². The number of hydrogen-bond acceptors (Lipinski definition) is 5. The lowest BCUT2D eigenvalue weighted by atomic mass is 9.92. The number of anilines is 1. The first-order valence-electron chi connectivity index (χ1n) is 7.67. The number of furan rings is 1. The fraction of sp³-hybridized carbons (Fsp3) is 0.278. The van der Waals surface area contributed by atoms with Crippen LogP contribution in [0, 0.1) is 5.41 Å². The molecule has 0 fully saturated rings. The molecule has 3 heterocycles. The summed E-state index contributed by atoms with van der Waals surface area (Å²) in [5.41, 5.74) is 1.64. The van der Waals surface area contributed by atoms with Gasteiger partial charge in [-0.1, -0.05) is 32.1 Å². The van der Waals surface area contributed by atoms with Crippen LogP contribution in [-0.4, -0.2) is 15.9 Å². The van der Waals surface area contributed by atoms with Crippen molar-refractivity contribution in [3.63, 3.8) is 0 Å². The molecule has 6 heteroatoms. The highest BCUT2D eigenvalue weighted by Gasteiger charge is 2.20. The van der Waals surface area contributed by atoms with Crippen LogP contribution < -0.4 is 5.32 Å².